The summed E-state index contributed by atoms with van der Waals surface area (Å²) in [5.74, 6) is 0.312. The molecule has 0 atom stereocenters. The molecule has 110 valence electrons. The minimum absolute atomic E-state index is 0.0168. The van der Waals surface area contributed by atoms with E-state index in [1.54, 1.807) is 30.3 Å². The number of nitrogen functional groups attached to an aromatic ring is 1. The highest BCUT2D eigenvalue weighted by atomic mass is 35.5. The van der Waals surface area contributed by atoms with Crippen molar-refractivity contribution < 1.29 is 9.53 Å². The molecule has 0 aliphatic carbocycles. The fourth-order valence-electron chi connectivity index (χ4n) is 1.83. The largest absolute Gasteiger partial charge is 0.489 e. The molecule has 0 fully saturated rings. The van der Waals surface area contributed by atoms with Gasteiger partial charge < -0.3 is 15.8 Å². The van der Waals surface area contributed by atoms with Gasteiger partial charge in [-0.1, -0.05) is 23.7 Å². The summed E-state index contributed by atoms with van der Waals surface area (Å²) in [4.78, 5) is 12.3. The van der Waals surface area contributed by atoms with Gasteiger partial charge in [0.15, 0.2) is 0 Å². The first kappa shape index (κ1) is 15.2. The molecule has 21 heavy (non-hydrogen) atoms. The second kappa shape index (κ2) is 6.50. The van der Waals surface area contributed by atoms with Gasteiger partial charge in [0, 0.05) is 5.69 Å². The predicted molar refractivity (Wildman–Crippen MR) is 86.0 cm³/mol. The van der Waals surface area contributed by atoms with Crippen LogP contribution in [-0.4, -0.2) is 12.0 Å². The molecule has 0 radical (unpaired) electrons. The molecule has 0 saturated heterocycles. The SMILES string of the molecule is CC(C)Oc1ccccc1NC(=O)c1ccc(N)cc1Cl. The van der Waals surface area contributed by atoms with Gasteiger partial charge in [-0.3, -0.25) is 4.79 Å². The molecule has 5 heteroatoms. The van der Waals surface area contributed by atoms with E-state index in [1.165, 1.54) is 0 Å². The van der Waals surface area contributed by atoms with Crippen molar-refractivity contribution >= 4 is 28.9 Å². The molecule has 4 nitrogen and oxygen atoms in total. The van der Waals surface area contributed by atoms with Crippen molar-refractivity contribution in [2.24, 2.45) is 0 Å². The number of hydrogen-bond acceptors (Lipinski definition) is 3. The summed E-state index contributed by atoms with van der Waals surface area (Å²) >= 11 is 6.04. The molecule has 0 spiro atoms. The third-order valence-corrected chi connectivity index (χ3v) is 3.05. The summed E-state index contributed by atoms with van der Waals surface area (Å²) in [5, 5.41) is 3.12. The fourth-order valence-corrected chi connectivity index (χ4v) is 2.11. The Balaban J connectivity index is 2.23. The van der Waals surface area contributed by atoms with Gasteiger partial charge in [-0.05, 0) is 44.2 Å². The number of halogens is 1. The molecule has 0 aromatic heterocycles. The van der Waals surface area contributed by atoms with E-state index in [2.05, 4.69) is 5.32 Å². The molecule has 2 aromatic rings. The van der Waals surface area contributed by atoms with Crippen molar-refractivity contribution in [2.45, 2.75) is 20.0 Å². The number of carbonyl (C=O) groups is 1. The monoisotopic (exact) mass is 304 g/mol. The van der Waals surface area contributed by atoms with E-state index < -0.39 is 0 Å². The number of rotatable bonds is 4. The number of amides is 1. The fraction of sp³-hybridized carbons (Fsp3) is 0.188. The number of nitrogens with two attached hydrogens (primary N) is 1. The predicted octanol–water partition coefficient (Wildman–Crippen LogP) is 3.96. The second-order valence-electron chi connectivity index (χ2n) is 4.86. The highest BCUT2D eigenvalue weighted by Crippen LogP contribution is 2.27. The summed E-state index contributed by atoms with van der Waals surface area (Å²) in [6, 6.07) is 12.0. The van der Waals surface area contributed by atoms with Gasteiger partial charge in [-0.2, -0.15) is 0 Å². The first-order valence-corrected chi connectivity index (χ1v) is 6.97. The van der Waals surface area contributed by atoms with Gasteiger partial charge in [-0.25, -0.2) is 0 Å². The Morgan fingerprint density at radius 2 is 1.95 bits per heavy atom. The smallest absolute Gasteiger partial charge is 0.257 e. The Labute approximate surface area is 128 Å². The number of benzene rings is 2. The zero-order chi connectivity index (χ0) is 15.4. The molecule has 1 amide bonds. The molecule has 0 aliphatic rings. The van der Waals surface area contributed by atoms with Crippen molar-refractivity contribution in [3.8, 4) is 5.75 Å². The van der Waals surface area contributed by atoms with Crippen LogP contribution in [-0.2, 0) is 0 Å². The van der Waals surface area contributed by atoms with Gasteiger partial charge in [-0.15, -0.1) is 0 Å². The Bertz CT molecular complexity index is 656. The first-order valence-electron chi connectivity index (χ1n) is 6.59. The topological polar surface area (TPSA) is 64.3 Å². The highest BCUT2D eigenvalue weighted by Gasteiger charge is 2.13. The van der Waals surface area contributed by atoms with Gasteiger partial charge in [0.25, 0.3) is 5.91 Å². The van der Waals surface area contributed by atoms with E-state index in [0.29, 0.717) is 27.7 Å². The number of nitrogens with one attached hydrogen (secondary N) is 1. The Kier molecular flexibility index (Phi) is 4.70. The van der Waals surface area contributed by atoms with E-state index in [-0.39, 0.29) is 12.0 Å². The van der Waals surface area contributed by atoms with E-state index in [0.717, 1.165) is 0 Å². The minimum atomic E-state index is -0.306. The van der Waals surface area contributed by atoms with Crippen molar-refractivity contribution in [1.82, 2.24) is 0 Å². The van der Waals surface area contributed by atoms with Crippen molar-refractivity contribution in [2.75, 3.05) is 11.1 Å². The first-order chi connectivity index (χ1) is 9.97. The molecule has 0 saturated carbocycles. The normalized spacial score (nSPS) is 10.5. The summed E-state index contributed by atoms with van der Waals surface area (Å²) in [6.07, 6.45) is 0.0168. The highest BCUT2D eigenvalue weighted by molar-refractivity contribution is 6.34. The third kappa shape index (κ3) is 3.89. The molecule has 0 heterocycles. The zero-order valence-corrected chi connectivity index (χ0v) is 12.6. The number of carbonyl (C=O) groups excluding carboxylic acids is 1. The Morgan fingerprint density at radius 1 is 1.24 bits per heavy atom. The van der Waals surface area contributed by atoms with Crippen molar-refractivity contribution in [3.63, 3.8) is 0 Å². The summed E-state index contributed by atoms with van der Waals surface area (Å²) in [6.45, 7) is 3.85. The molecule has 0 bridgehead atoms. The van der Waals surface area contributed by atoms with Crippen LogP contribution in [0.4, 0.5) is 11.4 Å². The van der Waals surface area contributed by atoms with Crippen LogP contribution in [0, 0.1) is 0 Å². The average molecular weight is 305 g/mol. The number of para-hydroxylation sites is 2. The lowest BCUT2D eigenvalue weighted by molar-refractivity contribution is 0.102. The van der Waals surface area contributed by atoms with Crippen LogP contribution in [0.25, 0.3) is 0 Å². The Morgan fingerprint density at radius 3 is 2.62 bits per heavy atom. The van der Waals surface area contributed by atoms with Crippen molar-refractivity contribution in [1.29, 1.82) is 0 Å². The van der Waals surface area contributed by atoms with Gasteiger partial charge >= 0.3 is 0 Å². The van der Waals surface area contributed by atoms with Crippen LogP contribution in [0.5, 0.6) is 5.75 Å². The maximum atomic E-state index is 12.3. The molecule has 2 rings (SSSR count). The number of hydrogen-bond donors (Lipinski definition) is 2. The van der Waals surface area contributed by atoms with Gasteiger partial charge in [0.2, 0.25) is 0 Å². The molecular formula is C16H17ClN2O2. The second-order valence-corrected chi connectivity index (χ2v) is 5.26. The van der Waals surface area contributed by atoms with Crippen LogP contribution in [0.15, 0.2) is 42.5 Å². The van der Waals surface area contributed by atoms with Gasteiger partial charge in [0.05, 0.1) is 22.4 Å². The van der Waals surface area contributed by atoms with E-state index >= 15 is 0 Å². The van der Waals surface area contributed by atoms with E-state index in [1.807, 2.05) is 26.0 Å². The summed E-state index contributed by atoms with van der Waals surface area (Å²) in [7, 11) is 0. The molecular weight excluding hydrogens is 288 g/mol. The maximum absolute atomic E-state index is 12.3. The lowest BCUT2D eigenvalue weighted by Crippen LogP contribution is -2.15. The lowest BCUT2D eigenvalue weighted by atomic mass is 10.2. The van der Waals surface area contributed by atoms with Crippen LogP contribution in [0.1, 0.15) is 24.2 Å². The number of ether oxygens (including phenoxy) is 1. The quantitative estimate of drug-likeness (QED) is 0.840. The molecule has 0 unspecified atom stereocenters. The summed E-state index contributed by atoms with van der Waals surface area (Å²) < 4.78 is 5.66. The van der Waals surface area contributed by atoms with Crippen molar-refractivity contribution in [3.05, 3.63) is 53.1 Å². The van der Waals surface area contributed by atoms with Crippen LogP contribution < -0.4 is 15.8 Å². The number of anilines is 2. The van der Waals surface area contributed by atoms with Crippen LogP contribution in [0.3, 0.4) is 0 Å². The minimum Gasteiger partial charge on any atom is -0.489 e. The molecule has 0 aliphatic heterocycles. The van der Waals surface area contributed by atoms with E-state index in [9.17, 15) is 4.79 Å². The molecule has 3 N–H and O–H groups in total. The van der Waals surface area contributed by atoms with Crippen LogP contribution in [0.2, 0.25) is 5.02 Å². The van der Waals surface area contributed by atoms with E-state index in [4.69, 9.17) is 22.1 Å². The molecule has 2 aromatic carbocycles. The summed E-state index contributed by atoms with van der Waals surface area (Å²) in [5.41, 5.74) is 7.10. The lowest BCUT2D eigenvalue weighted by Gasteiger charge is -2.15. The maximum Gasteiger partial charge on any atom is 0.257 e. The van der Waals surface area contributed by atoms with Gasteiger partial charge in [0.1, 0.15) is 5.75 Å². The average Bonchev–Trinajstić information content (AvgIpc) is 2.40. The Hall–Kier alpha value is -2.20. The standard InChI is InChI=1S/C16H17ClN2O2/c1-10(2)21-15-6-4-3-5-14(15)19-16(20)12-8-7-11(18)9-13(12)17/h3-10H,18H2,1-2H3,(H,19,20). The van der Waals surface area contributed by atoms with Crippen LogP contribution >= 0.6 is 11.6 Å². The third-order valence-electron chi connectivity index (χ3n) is 2.74. The zero-order valence-electron chi connectivity index (χ0n) is 11.9.